The molecule has 0 bridgehead atoms. The van der Waals surface area contributed by atoms with Crippen molar-refractivity contribution in [3.05, 3.63) is 34.4 Å². The number of rotatable bonds is 4. The summed E-state index contributed by atoms with van der Waals surface area (Å²) in [5.41, 5.74) is 5.70. The molecule has 0 aliphatic rings. The summed E-state index contributed by atoms with van der Waals surface area (Å²) in [5, 5.41) is 0. The first-order chi connectivity index (χ1) is 6.69. The fourth-order valence-electron chi connectivity index (χ4n) is 1.74. The second-order valence-electron chi connectivity index (χ2n) is 3.79. The summed E-state index contributed by atoms with van der Waals surface area (Å²) < 4.78 is 5.09. The predicted octanol–water partition coefficient (Wildman–Crippen LogP) is 3.05. The zero-order valence-electron chi connectivity index (χ0n) is 9.68. The zero-order valence-corrected chi connectivity index (χ0v) is 9.68. The van der Waals surface area contributed by atoms with Gasteiger partial charge in [0, 0.05) is 7.11 Å². The van der Waals surface area contributed by atoms with Gasteiger partial charge in [-0.2, -0.15) is 0 Å². The van der Waals surface area contributed by atoms with E-state index in [1.54, 1.807) is 7.11 Å². The van der Waals surface area contributed by atoms with Crippen LogP contribution in [0.4, 0.5) is 0 Å². The van der Waals surface area contributed by atoms with Gasteiger partial charge >= 0.3 is 0 Å². The number of hydrogen-bond donors (Lipinski definition) is 0. The number of benzene rings is 1. The quantitative estimate of drug-likeness (QED) is 0.712. The molecule has 0 aliphatic carbocycles. The van der Waals surface area contributed by atoms with Crippen LogP contribution in [0.25, 0.3) is 0 Å². The van der Waals surface area contributed by atoms with Crippen LogP contribution in [0.1, 0.15) is 29.2 Å². The molecule has 1 aromatic carbocycles. The Hall–Kier alpha value is -0.820. The predicted molar refractivity (Wildman–Crippen MR) is 60.9 cm³/mol. The van der Waals surface area contributed by atoms with Crippen LogP contribution in [0.3, 0.4) is 0 Å². The maximum atomic E-state index is 5.09. The molecule has 1 nitrogen and oxygen atoms in total. The molecule has 0 spiro atoms. The SMILES string of the molecule is CCc1cc(CCOC)cc(C)c1C. The molecule has 0 radical (unpaired) electrons. The van der Waals surface area contributed by atoms with Gasteiger partial charge in [0.1, 0.15) is 0 Å². The van der Waals surface area contributed by atoms with Crippen LogP contribution in [0.15, 0.2) is 12.1 Å². The van der Waals surface area contributed by atoms with Gasteiger partial charge in [0.25, 0.3) is 0 Å². The Morgan fingerprint density at radius 3 is 2.50 bits per heavy atom. The van der Waals surface area contributed by atoms with E-state index in [-0.39, 0.29) is 0 Å². The Morgan fingerprint density at radius 2 is 1.93 bits per heavy atom. The van der Waals surface area contributed by atoms with Gasteiger partial charge in [-0.3, -0.25) is 0 Å². The lowest BCUT2D eigenvalue weighted by Gasteiger charge is -2.10. The van der Waals surface area contributed by atoms with Crippen LogP contribution in [0.5, 0.6) is 0 Å². The van der Waals surface area contributed by atoms with Gasteiger partial charge < -0.3 is 4.74 Å². The molecule has 0 heterocycles. The van der Waals surface area contributed by atoms with E-state index in [2.05, 4.69) is 32.9 Å². The summed E-state index contributed by atoms with van der Waals surface area (Å²) in [6.45, 7) is 7.41. The van der Waals surface area contributed by atoms with Crippen LogP contribution in [0, 0.1) is 13.8 Å². The number of hydrogen-bond acceptors (Lipinski definition) is 1. The van der Waals surface area contributed by atoms with Gasteiger partial charge in [-0.05, 0) is 48.9 Å². The van der Waals surface area contributed by atoms with Crippen molar-refractivity contribution < 1.29 is 4.74 Å². The van der Waals surface area contributed by atoms with Crippen molar-refractivity contribution in [2.24, 2.45) is 0 Å². The highest BCUT2D eigenvalue weighted by Crippen LogP contribution is 2.17. The minimum atomic E-state index is 0.811. The lowest BCUT2D eigenvalue weighted by molar-refractivity contribution is 0.202. The van der Waals surface area contributed by atoms with Crippen LogP contribution in [-0.2, 0) is 17.6 Å². The molecule has 0 saturated carbocycles. The Labute approximate surface area is 87.1 Å². The molecule has 0 aliphatic heterocycles. The molecule has 14 heavy (non-hydrogen) atoms. The zero-order chi connectivity index (χ0) is 10.6. The van der Waals surface area contributed by atoms with Gasteiger partial charge in [0.05, 0.1) is 6.61 Å². The van der Waals surface area contributed by atoms with Crippen LogP contribution in [0.2, 0.25) is 0 Å². The van der Waals surface area contributed by atoms with Crippen LogP contribution >= 0.6 is 0 Å². The van der Waals surface area contributed by atoms with E-state index >= 15 is 0 Å². The topological polar surface area (TPSA) is 9.23 Å². The third-order valence-electron chi connectivity index (χ3n) is 2.81. The highest BCUT2D eigenvalue weighted by atomic mass is 16.5. The molecule has 0 N–H and O–H groups in total. The summed E-state index contributed by atoms with van der Waals surface area (Å²) in [7, 11) is 1.75. The molecule has 1 heteroatoms. The fourth-order valence-corrected chi connectivity index (χ4v) is 1.74. The number of aryl methyl sites for hydroxylation is 2. The van der Waals surface area contributed by atoms with Crippen LogP contribution in [-0.4, -0.2) is 13.7 Å². The molecule has 1 rings (SSSR count). The second-order valence-corrected chi connectivity index (χ2v) is 3.79. The first-order valence-corrected chi connectivity index (χ1v) is 5.27. The van der Waals surface area contributed by atoms with Gasteiger partial charge in [-0.25, -0.2) is 0 Å². The molecule has 0 aromatic heterocycles. The van der Waals surface area contributed by atoms with E-state index in [4.69, 9.17) is 4.74 Å². The molecule has 0 amide bonds. The lowest BCUT2D eigenvalue weighted by Crippen LogP contribution is -1.98. The van der Waals surface area contributed by atoms with E-state index in [0.717, 1.165) is 19.4 Å². The third kappa shape index (κ3) is 2.58. The lowest BCUT2D eigenvalue weighted by atomic mass is 9.97. The molecule has 1 aromatic rings. The first kappa shape index (κ1) is 11.3. The number of methoxy groups -OCH3 is 1. The molecular weight excluding hydrogens is 172 g/mol. The van der Waals surface area contributed by atoms with Crippen molar-refractivity contribution in [3.8, 4) is 0 Å². The normalized spacial score (nSPS) is 10.6. The Bertz CT molecular complexity index is 302. The van der Waals surface area contributed by atoms with Crippen molar-refractivity contribution in [3.63, 3.8) is 0 Å². The molecule has 78 valence electrons. The minimum absolute atomic E-state index is 0.811. The molecular formula is C13H20O. The average molecular weight is 192 g/mol. The highest BCUT2D eigenvalue weighted by molar-refractivity contribution is 5.37. The van der Waals surface area contributed by atoms with E-state index in [0.29, 0.717) is 0 Å². The summed E-state index contributed by atoms with van der Waals surface area (Å²) >= 11 is 0. The summed E-state index contributed by atoms with van der Waals surface area (Å²) in [5.74, 6) is 0. The maximum Gasteiger partial charge on any atom is 0.0502 e. The number of ether oxygens (including phenoxy) is 1. The summed E-state index contributed by atoms with van der Waals surface area (Å²) in [6.07, 6.45) is 2.14. The van der Waals surface area contributed by atoms with Crippen molar-refractivity contribution in [1.29, 1.82) is 0 Å². The Balaban J connectivity index is 2.91. The van der Waals surface area contributed by atoms with Crippen LogP contribution < -0.4 is 0 Å². The molecule has 0 unspecified atom stereocenters. The molecule has 0 atom stereocenters. The van der Waals surface area contributed by atoms with E-state index in [9.17, 15) is 0 Å². The summed E-state index contributed by atoms with van der Waals surface area (Å²) in [4.78, 5) is 0. The van der Waals surface area contributed by atoms with Crippen molar-refractivity contribution >= 4 is 0 Å². The Kier molecular flexibility index (Phi) is 4.15. The van der Waals surface area contributed by atoms with Gasteiger partial charge in [0.15, 0.2) is 0 Å². The maximum absolute atomic E-state index is 5.09. The fraction of sp³-hybridized carbons (Fsp3) is 0.538. The van der Waals surface area contributed by atoms with E-state index < -0.39 is 0 Å². The second kappa shape index (κ2) is 5.16. The van der Waals surface area contributed by atoms with Crippen molar-refractivity contribution in [1.82, 2.24) is 0 Å². The minimum Gasteiger partial charge on any atom is -0.384 e. The third-order valence-corrected chi connectivity index (χ3v) is 2.81. The van der Waals surface area contributed by atoms with Gasteiger partial charge in [0.2, 0.25) is 0 Å². The Morgan fingerprint density at radius 1 is 1.21 bits per heavy atom. The first-order valence-electron chi connectivity index (χ1n) is 5.27. The highest BCUT2D eigenvalue weighted by Gasteiger charge is 2.02. The average Bonchev–Trinajstić information content (AvgIpc) is 2.19. The van der Waals surface area contributed by atoms with E-state index in [1.165, 1.54) is 22.3 Å². The largest absolute Gasteiger partial charge is 0.384 e. The van der Waals surface area contributed by atoms with Crippen molar-refractivity contribution in [2.45, 2.75) is 33.6 Å². The molecule has 0 saturated heterocycles. The summed E-state index contributed by atoms with van der Waals surface area (Å²) in [6, 6.07) is 4.58. The smallest absolute Gasteiger partial charge is 0.0502 e. The molecule has 0 fully saturated rings. The van der Waals surface area contributed by atoms with Crippen molar-refractivity contribution in [2.75, 3.05) is 13.7 Å². The standard InChI is InChI=1S/C13H20O/c1-5-13-9-12(6-7-14-4)8-10(2)11(13)3/h8-9H,5-7H2,1-4H3. The monoisotopic (exact) mass is 192 g/mol. The van der Waals surface area contributed by atoms with E-state index in [1.807, 2.05) is 0 Å². The van der Waals surface area contributed by atoms with Gasteiger partial charge in [-0.1, -0.05) is 19.1 Å². The van der Waals surface area contributed by atoms with Gasteiger partial charge in [-0.15, -0.1) is 0 Å².